The Morgan fingerprint density at radius 1 is 0.947 bits per heavy atom. The highest BCUT2D eigenvalue weighted by molar-refractivity contribution is 7.09. The van der Waals surface area contributed by atoms with Crippen LogP contribution in [0, 0.1) is 0 Å². The lowest BCUT2D eigenvalue weighted by Crippen LogP contribution is -2.55. The van der Waals surface area contributed by atoms with Crippen molar-refractivity contribution >= 4 is 28.8 Å². The summed E-state index contributed by atoms with van der Waals surface area (Å²) >= 11 is 1.47. The molecule has 0 radical (unpaired) electrons. The first-order chi connectivity index (χ1) is 18.3. The zero-order chi connectivity index (χ0) is 27.1. The van der Waals surface area contributed by atoms with E-state index >= 15 is 0 Å². The van der Waals surface area contributed by atoms with Gasteiger partial charge < -0.3 is 19.7 Å². The number of anilines is 1. The highest BCUT2D eigenvalue weighted by Gasteiger charge is 2.38. The van der Waals surface area contributed by atoms with Crippen LogP contribution >= 0.6 is 11.3 Å². The van der Waals surface area contributed by atoms with E-state index in [9.17, 15) is 9.59 Å². The third-order valence-electron chi connectivity index (χ3n) is 6.30. The van der Waals surface area contributed by atoms with Gasteiger partial charge in [-0.2, -0.15) is 0 Å². The third-order valence-corrected chi connectivity index (χ3v) is 7.13. The molecule has 38 heavy (non-hydrogen) atoms. The second kappa shape index (κ2) is 11.9. The number of nitrogens with zero attached hydrogens (tertiary/aromatic N) is 2. The Morgan fingerprint density at radius 2 is 1.63 bits per heavy atom. The van der Waals surface area contributed by atoms with E-state index in [-0.39, 0.29) is 24.8 Å². The molecule has 4 rings (SSSR count). The normalized spacial score (nSPS) is 11.1. The molecule has 0 bridgehead atoms. The van der Waals surface area contributed by atoms with E-state index in [2.05, 4.69) is 5.32 Å². The summed E-state index contributed by atoms with van der Waals surface area (Å²) < 4.78 is 10.7. The number of ether oxygens (including phenoxy) is 2. The number of hydrogen-bond acceptors (Lipinski definition) is 6. The van der Waals surface area contributed by atoms with Crippen molar-refractivity contribution in [3.8, 4) is 22.8 Å². The van der Waals surface area contributed by atoms with Crippen LogP contribution in [0.5, 0.6) is 11.5 Å². The quantitative estimate of drug-likeness (QED) is 0.280. The monoisotopic (exact) mass is 529 g/mol. The van der Waals surface area contributed by atoms with Crippen molar-refractivity contribution in [2.75, 3.05) is 19.5 Å². The smallest absolute Gasteiger partial charge is 0.249 e. The number of carbonyl (C=O) groups is 2. The Hall–Kier alpha value is -4.17. The summed E-state index contributed by atoms with van der Waals surface area (Å²) in [4.78, 5) is 33.7. The number of aromatic nitrogens is 1. The van der Waals surface area contributed by atoms with Gasteiger partial charge in [0.05, 0.1) is 38.6 Å². The predicted molar refractivity (Wildman–Crippen MR) is 151 cm³/mol. The number of carbonyl (C=O) groups excluding carboxylic acids is 2. The minimum atomic E-state index is -1.20. The van der Waals surface area contributed by atoms with Crippen molar-refractivity contribution in [2.24, 2.45) is 0 Å². The molecule has 1 aromatic heterocycles. The summed E-state index contributed by atoms with van der Waals surface area (Å²) in [5, 5.41) is 5.65. The largest absolute Gasteiger partial charge is 0.497 e. The molecule has 0 saturated heterocycles. The van der Waals surface area contributed by atoms with Crippen molar-refractivity contribution < 1.29 is 19.1 Å². The summed E-state index contributed by atoms with van der Waals surface area (Å²) in [5.74, 6) is 0.552. The van der Waals surface area contributed by atoms with Gasteiger partial charge in [-0.15, -0.1) is 11.3 Å². The maximum absolute atomic E-state index is 13.7. The fourth-order valence-electron chi connectivity index (χ4n) is 4.02. The standard InChI is InChI=1S/C30H31N3O4S/c1-30(2,29(35)32-24-16-15-23(36-3)18-26(24)37-4)33(28(34)17-21-11-7-5-8-12-21)19-27-31-25(20-38-27)22-13-9-6-10-14-22/h5-16,18,20H,17,19H2,1-4H3,(H,32,35). The van der Waals surface area contributed by atoms with Crippen molar-refractivity contribution in [3.63, 3.8) is 0 Å². The number of methoxy groups -OCH3 is 2. The second-order valence-electron chi connectivity index (χ2n) is 9.21. The van der Waals surface area contributed by atoms with Gasteiger partial charge in [0.15, 0.2) is 0 Å². The molecule has 0 aliphatic rings. The molecule has 4 aromatic rings. The van der Waals surface area contributed by atoms with Crippen molar-refractivity contribution in [3.05, 3.63) is 94.8 Å². The van der Waals surface area contributed by atoms with Crippen molar-refractivity contribution in [2.45, 2.75) is 32.4 Å². The van der Waals surface area contributed by atoms with Crippen molar-refractivity contribution in [1.29, 1.82) is 0 Å². The zero-order valence-electron chi connectivity index (χ0n) is 21.9. The van der Waals surface area contributed by atoms with Crippen molar-refractivity contribution in [1.82, 2.24) is 9.88 Å². The molecule has 0 aliphatic heterocycles. The molecule has 1 heterocycles. The molecule has 0 fully saturated rings. The fourth-order valence-corrected chi connectivity index (χ4v) is 4.81. The minimum Gasteiger partial charge on any atom is -0.497 e. The maximum Gasteiger partial charge on any atom is 0.249 e. The number of benzene rings is 3. The van der Waals surface area contributed by atoms with E-state index in [1.165, 1.54) is 18.4 Å². The number of rotatable bonds is 10. The molecule has 0 atom stereocenters. The molecule has 8 heteroatoms. The van der Waals surface area contributed by atoms with E-state index < -0.39 is 5.54 Å². The van der Waals surface area contributed by atoms with Crippen LogP contribution in [0.15, 0.2) is 84.2 Å². The highest BCUT2D eigenvalue weighted by atomic mass is 32.1. The van der Waals surface area contributed by atoms with Gasteiger partial charge in [-0.25, -0.2) is 4.98 Å². The van der Waals surface area contributed by atoms with Crippen LogP contribution in [0.2, 0.25) is 0 Å². The molecule has 196 valence electrons. The van der Waals surface area contributed by atoms with Crippen LogP contribution in [0.4, 0.5) is 5.69 Å². The van der Waals surface area contributed by atoms with Gasteiger partial charge in [0, 0.05) is 17.0 Å². The summed E-state index contributed by atoms with van der Waals surface area (Å²) in [6, 6.07) is 24.5. The Kier molecular flexibility index (Phi) is 8.43. The first kappa shape index (κ1) is 26.9. The van der Waals surface area contributed by atoms with Gasteiger partial charge >= 0.3 is 0 Å². The van der Waals surface area contributed by atoms with Gasteiger partial charge in [0.1, 0.15) is 22.0 Å². The first-order valence-electron chi connectivity index (χ1n) is 12.2. The number of nitrogens with one attached hydrogen (secondary N) is 1. The number of hydrogen-bond donors (Lipinski definition) is 1. The summed E-state index contributed by atoms with van der Waals surface area (Å²) in [5.41, 5.74) is 2.00. The minimum absolute atomic E-state index is 0.167. The van der Waals surface area contributed by atoms with Gasteiger partial charge in [-0.3, -0.25) is 9.59 Å². The average Bonchev–Trinajstić information content (AvgIpc) is 3.41. The van der Waals surface area contributed by atoms with E-state index in [0.29, 0.717) is 17.2 Å². The SMILES string of the molecule is COc1ccc(NC(=O)C(C)(C)N(Cc2nc(-c3ccccc3)cs2)C(=O)Cc2ccccc2)c(OC)c1. The van der Waals surface area contributed by atoms with Crippen LogP contribution < -0.4 is 14.8 Å². The second-order valence-corrected chi connectivity index (χ2v) is 10.2. The highest BCUT2D eigenvalue weighted by Crippen LogP contribution is 2.31. The van der Waals surface area contributed by atoms with Gasteiger partial charge in [-0.05, 0) is 31.5 Å². The van der Waals surface area contributed by atoms with Gasteiger partial charge in [0.2, 0.25) is 11.8 Å². The average molecular weight is 530 g/mol. The summed E-state index contributed by atoms with van der Waals surface area (Å²) in [7, 11) is 3.09. The van der Waals surface area contributed by atoms with Crippen LogP contribution in [0.3, 0.4) is 0 Å². The molecular weight excluding hydrogens is 498 g/mol. The summed E-state index contributed by atoms with van der Waals surface area (Å²) in [6.07, 6.45) is 0.167. The Labute approximate surface area is 227 Å². The predicted octanol–water partition coefficient (Wildman–Crippen LogP) is 5.82. The number of thiazole rings is 1. The maximum atomic E-state index is 13.7. The summed E-state index contributed by atoms with van der Waals surface area (Å²) in [6.45, 7) is 3.68. The lowest BCUT2D eigenvalue weighted by molar-refractivity contribution is -0.144. The topological polar surface area (TPSA) is 80.8 Å². The molecule has 2 amide bonds. The molecule has 3 aromatic carbocycles. The molecular formula is C30H31N3O4S. The van der Waals surface area contributed by atoms with Crippen LogP contribution in [0.25, 0.3) is 11.3 Å². The molecule has 0 spiro atoms. The molecule has 0 unspecified atom stereocenters. The lowest BCUT2D eigenvalue weighted by atomic mass is 9.99. The Bertz CT molecular complexity index is 1390. The molecule has 1 N–H and O–H groups in total. The molecule has 0 aliphatic carbocycles. The Morgan fingerprint density at radius 3 is 2.29 bits per heavy atom. The van der Waals surface area contributed by atoms with E-state index in [1.54, 1.807) is 44.1 Å². The molecule has 7 nitrogen and oxygen atoms in total. The molecule has 0 saturated carbocycles. The number of amides is 2. The Balaban J connectivity index is 1.62. The van der Waals surface area contributed by atoms with E-state index in [4.69, 9.17) is 14.5 Å². The fraction of sp³-hybridized carbons (Fsp3) is 0.233. The lowest BCUT2D eigenvalue weighted by Gasteiger charge is -2.37. The first-order valence-corrected chi connectivity index (χ1v) is 13.1. The van der Waals surface area contributed by atoms with E-state index in [0.717, 1.165) is 21.8 Å². The van der Waals surface area contributed by atoms with Gasteiger partial charge in [-0.1, -0.05) is 60.7 Å². The van der Waals surface area contributed by atoms with Crippen LogP contribution in [-0.2, 0) is 22.6 Å². The van der Waals surface area contributed by atoms with Crippen LogP contribution in [0.1, 0.15) is 24.4 Å². The third kappa shape index (κ3) is 6.20. The van der Waals surface area contributed by atoms with Gasteiger partial charge in [0.25, 0.3) is 0 Å². The van der Waals surface area contributed by atoms with E-state index in [1.807, 2.05) is 66.0 Å². The zero-order valence-corrected chi connectivity index (χ0v) is 22.7. The van der Waals surface area contributed by atoms with Crippen LogP contribution in [-0.4, -0.2) is 41.5 Å².